The Morgan fingerprint density at radius 1 is 1.28 bits per heavy atom. The van der Waals surface area contributed by atoms with E-state index in [0.717, 1.165) is 38.3 Å². The molecule has 1 atom stereocenters. The fraction of sp³-hybridized carbons (Fsp3) is 0.889. The van der Waals surface area contributed by atoms with E-state index >= 15 is 0 Å². The highest BCUT2D eigenvalue weighted by molar-refractivity contribution is 5.78. The number of amides is 1. The predicted octanol–water partition coefficient (Wildman–Crippen LogP) is 1.63. The second-order valence-electron chi connectivity index (χ2n) is 7.27. The number of nitrogens with one attached hydrogen (secondary N) is 1. The number of aliphatic imine (C=N–C) groups is 1. The first kappa shape index (κ1) is 19.8. The zero-order valence-corrected chi connectivity index (χ0v) is 15.9. The highest BCUT2D eigenvalue weighted by Gasteiger charge is 2.23. The SMILES string of the molecule is CCOC(=O)N1CCC(NC(N)=NCCCN2CCCC(C)C2)CC1. The standard InChI is InChI=1S/C18H35N5O2/c1-3-25-18(24)23-12-7-16(8-13-23)21-17(19)20-9-5-11-22-10-4-6-15(2)14-22/h15-16H,3-14H2,1-2H3,(H3,19,20,21). The number of carbonyl (C=O) groups excluding carboxylic acids is 1. The van der Waals surface area contributed by atoms with Crippen molar-refractivity contribution >= 4 is 12.1 Å². The van der Waals surface area contributed by atoms with Gasteiger partial charge in [-0.15, -0.1) is 0 Å². The largest absolute Gasteiger partial charge is 0.450 e. The smallest absolute Gasteiger partial charge is 0.409 e. The molecule has 0 radical (unpaired) electrons. The summed E-state index contributed by atoms with van der Waals surface area (Å²) in [5.74, 6) is 1.35. The Labute approximate surface area is 152 Å². The van der Waals surface area contributed by atoms with Crippen LogP contribution in [0.25, 0.3) is 0 Å². The van der Waals surface area contributed by atoms with Crippen molar-refractivity contribution in [3.63, 3.8) is 0 Å². The molecule has 1 amide bonds. The van der Waals surface area contributed by atoms with Crippen molar-refractivity contribution in [1.82, 2.24) is 15.1 Å². The van der Waals surface area contributed by atoms with Crippen molar-refractivity contribution in [3.8, 4) is 0 Å². The monoisotopic (exact) mass is 353 g/mol. The van der Waals surface area contributed by atoms with Crippen molar-refractivity contribution in [2.45, 2.75) is 52.0 Å². The van der Waals surface area contributed by atoms with Gasteiger partial charge in [0.05, 0.1) is 6.61 Å². The minimum Gasteiger partial charge on any atom is -0.450 e. The molecule has 2 rings (SSSR count). The lowest BCUT2D eigenvalue weighted by atomic mass is 10.0. The van der Waals surface area contributed by atoms with E-state index in [1.54, 1.807) is 4.90 Å². The average molecular weight is 354 g/mol. The van der Waals surface area contributed by atoms with E-state index < -0.39 is 0 Å². The molecule has 2 saturated heterocycles. The molecule has 7 nitrogen and oxygen atoms in total. The van der Waals surface area contributed by atoms with Crippen LogP contribution >= 0.6 is 0 Å². The summed E-state index contributed by atoms with van der Waals surface area (Å²) in [6.45, 7) is 10.3. The van der Waals surface area contributed by atoms with Crippen LogP contribution in [-0.4, -0.2) is 73.8 Å². The number of nitrogens with two attached hydrogens (primary N) is 1. The van der Waals surface area contributed by atoms with Gasteiger partial charge in [-0.05, 0) is 58.0 Å². The van der Waals surface area contributed by atoms with E-state index in [-0.39, 0.29) is 12.1 Å². The zero-order chi connectivity index (χ0) is 18.1. The number of hydrogen-bond donors (Lipinski definition) is 2. The zero-order valence-electron chi connectivity index (χ0n) is 15.9. The molecule has 0 aromatic rings. The first-order valence-electron chi connectivity index (χ1n) is 9.79. The highest BCUT2D eigenvalue weighted by atomic mass is 16.6. The van der Waals surface area contributed by atoms with E-state index in [2.05, 4.69) is 22.1 Å². The van der Waals surface area contributed by atoms with Gasteiger partial charge in [0.1, 0.15) is 0 Å². The lowest BCUT2D eigenvalue weighted by molar-refractivity contribution is 0.0963. The topological polar surface area (TPSA) is 83.2 Å². The minimum atomic E-state index is -0.213. The molecule has 1 unspecified atom stereocenters. The number of carbonyl (C=O) groups is 1. The van der Waals surface area contributed by atoms with Crippen LogP contribution < -0.4 is 11.1 Å². The van der Waals surface area contributed by atoms with Gasteiger partial charge in [-0.3, -0.25) is 4.99 Å². The van der Waals surface area contributed by atoms with Crippen LogP contribution in [0.2, 0.25) is 0 Å². The summed E-state index contributed by atoms with van der Waals surface area (Å²) in [5, 5.41) is 3.29. The Morgan fingerprint density at radius 3 is 2.72 bits per heavy atom. The first-order chi connectivity index (χ1) is 12.1. The molecule has 0 spiro atoms. The van der Waals surface area contributed by atoms with E-state index in [1.807, 2.05) is 6.92 Å². The summed E-state index contributed by atoms with van der Waals surface area (Å²) >= 11 is 0. The fourth-order valence-electron chi connectivity index (χ4n) is 3.66. The Bertz CT molecular complexity index is 435. The summed E-state index contributed by atoms with van der Waals surface area (Å²) in [5.41, 5.74) is 6.01. The summed E-state index contributed by atoms with van der Waals surface area (Å²) < 4.78 is 5.03. The summed E-state index contributed by atoms with van der Waals surface area (Å²) in [6.07, 6.45) is 5.27. The number of hydrogen-bond acceptors (Lipinski definition) is 4. The summed E-state index contributed by atoms with van der Waals surface area (Å²) in [6, 6.07) is 0.289. The van der Waals surface area contributed by atoms with Crippen molar-refractivity contribution in [2.75, 3.05) is 45.9 Å². The van der Waals surface area contributed by atoms with Crippen LogP contribution in [-0.2, 0) is 4.74 Å². The molecular weight excluding hydrogens is 318 g/mol. The molecule has 2 aliphatic heterocycles. The minimum absolute atomic E-state index is 0.213. The molecule has 2 heterocycles. The van der Waals surface area contributed by atoms with Gasteiger partial charge in [0.2, 0.25) is 0 Å². The second kappa shape index (κ2) is 10.5. The molecule has 2 fully saturated rings. The van der Waals surface area contributed by atoms with E-state index in [1.165, 1.54) is 25.9 Å². The Hall–Kier alpha value is -1.50. The second-order valence-corrected chi connectivity index (χ2v) is 7.27. The fourth-order valence-corrected chi connectivity index (χ4v) is 3.66. The van der Waals surface area contributed by atoms with Crippen LogP contribution in [0.3, 0.4) is 0 Å². The van der Waals surface area contributed by atoms with Crippen molar-refractivity contribution < 1.29 is 9.53 Å². The number of guanidine groups is 1. The lowest BCUT2D eigenvalue weighted by Crippen LogP contribution is -2.48. The molecule has 3 N–H and O–H groups in total. The van der Waals surface area contributed by atoms with E-state index in [4.69, 9.17) is 10.5 Å². The van der Waals surface area contributed by atoms with Gasteiger partial charge in [-0.25, -0.2) is 4.79 Å². The van der Waals surface area contributed by atoms with Crippen LogP contribution in [0.5, 0.6) is 0 Å². The van der Waals surface area contributed by atoms with Crippen LogP contribution in [0.4, 0.5) is 4.79 Å². The quantitative estimate of drug-likeness (QED) is 0.431. The predicted molar refractivity (Wildman–Crippen MR) is 101 cm³/mol. The van der Waals surface area contributed by atoms with Crippen molar-refractivity contribution in [3.05, 3.63) is 0 Å². The molecule has 0 aromatic heterocycles. The normalized spacial score (nSPS) is 23.5. The number of likely N-dealkylation sites (tertiary alicyclic amines) is 2. The Morgan fingerprint density at radius 2 is 2.04 bits per heavy atom. The van der Waals surface area contributed by atoms with Gasteiger partial charge < -0.3 is 25.6 Å². The first-order valence-corrected chi connectivity index (χ1v) is 9.79. The maximum atomic E-state index is 11.7. The third-order valence-corrected chi connectivity index (χ3v) is 5.03. The maximum Gasteiger partial charge on any atom is 0.409 e. The summed E-state index contributed by atoms with van der Waals surface area (Å²) in [7, 11) is 0. The lowest BCUT2D eigenvalue weighted by Gasteiger charge is -2.32. The Balaban J connectivity index is 1.59. The molecule has 2 aliphatic rings. The molecular formula is C18H35N5O2. The van der Waals surface area contributed by atoms with Crippen molar-refractivity contribution in [1.29, 1.82) is 0 Å². The van der Waals surface area contributed by atoms with E-state index in [9.17, 15) is 4.79 Å². The van der Waals surface area contributed by atoms with Gasteiger partial charge >= 0.3 is 6.09 Å². The van der Waals surface area contributed by atoms with Gasteiger partial charge in [0, 0.05) is 32.2 Å². The molecule has 144 valence electrons. The van der Waals surface area contributed by atoms with Crippen LogP contribution in [0, 0.1) is 5.92 Å². The maximum absolute atomic E-state index is 11.7. The molecule has 0 bridgehead atoms. The molecule has 25 heavy (non-hydrogen) atoms. The molecule has 0 aliphatic carbocycles. The number of nitrogens with zero attached hydrogens (tertiary/aromatic N) is 3. The number of rotatable bonds is 6. The van der Waals surface area contributed by atoms with Gasteiger partial charge in [0.15, 0.2) is 5.96 Å². The third kappa shape index (κ3) is 7.10. The average Bonchev–Trinajstić information content (AvgIpc) is 2.60. The van der Waals surface area contributed by atoms with Crippen molar-refractivity contribution in [2.24, 2.45) is 16.6 Å². The van der Waals surface area contributed by atoms with Gasteiger partial charge in [0.25, 0.3) is 0 Å². The molecule has 0 saturated carbocycles. The third-order valence-electron chi connectivity index (χ3n) is 5.03. The Kier molecular flexibility index (Phi) is 8.31. The summed E-state index contributed by atoms with van der Waals surface area (Å²) in [4.78, 5) is 20.4. The number of ether oxygens (including phenoxy) is 1. The molecule has 0 aromatic carbocycles. The van der Waals surface area contributed by atoms with Crippen LogP contribution in [0.1, 0.15) is 46.0 Å². The molecule has 7 heteroatoms. The number of piperidine rings is 2. The van der Waals surface area contributed by atoms with Gasteiger partial charge in [-0.2, -0.15) is 0 Å². The van der Waals surface area contributed by atoms with Crippen LogP contribution in [0.15, 0.2) is 4.99 Å². The van der Waals surface area contributed by atoms with Gasteiger partial charge in [-0.1, -0.05) is 6.92 Å². The van der Waals surface area contributed by atoms with E-state index in [0.29, 0.717) is 25.7 Å². The highest BCUT2D eigenvalue weighted by Crippen LogP contribution is 2.15.